The van der Waals surface area contributed by atoms with Gasteiger partial charge in [-0.05, 0) is 42.8 Å². The molecule has 0 radical (unpaired) electrons. The molecule has 92 valence electrons. The minimum Gasteiger partial charge on any atom is -0.310 e. The van der Waals surface area contributed by atoms with Crippen molar-refractivity contribution in [3.63, 3.8) is 0 Å². The van der Waals surface area contributed by atoms with Crippen LogP contribution in [0.2, 0.25) is 0 Å². The molecule has 17 heavy (non-hydrogen) atoms. The van der Waals surface area contributed by atoms with Gasteiger partial charge in [-0.25, -0.2) is 4.98 Å². The second kappa shape index (κ2) is 5.76. The van der Waals surface area contributed by atoms with Crippen LogP contribution in [0.25, 0.3) is 0 Å². The maximum Gasteiger partial charge on any atom is 0.0949 e. The monoisotopic (exact) mass is 266 g/mol. The Balaban J connectivity index is 2.13. The summed E-state index contributed by atoms with van der Waals surface area (Å²) in [5.74, 6) is 0. The Morgan fingerprint density at radius 3 is 2.76 bits per heavy atom. The normalized spacial score (nSPS) is 12.9. The molecule has 2 rings (SSSR count). The van der Waals surface area contributed by atoms with E-state index in [1.165, 1.54) is 21.1 Å². The maximum atomic E-state index is 4.62. The van der Waals surface area contributed by atoms with Gasteiger partial charge < -0.3 is 5.32 Å². The van der Waals surface area contributed by atoms with Gasteiger partial charge in [-0.15, -0.1) is 11.3 Å². The van der Waals surface area contributed by atoms with Crippen LogP contribution in [0.3, 0.4) is 0 Å². The lowest BCUT2D eigenvalue weighted by atomic mass is 10.1. The standard InChI is InChI=1S/C13H18N2S2/c1-4-14-12(11-5-6-16-8-11)7-13-15-9(2)10(3)17-13/h5-6,8,12,14H,4,7H2,1-3H3. The van der Waals surface area contributed by atoms with Crippen molar-refractivity contribution < 1.29 is 0 Å². The fourth-order valence-corrected chi connectivity index (χ4v) is 3.52. The van der Waals surface area contributed by atoms with Crippen molar-refractivity contribution in [1.82, 2.24) is 10.3 Å². The van der Waals surface area contributed by atoms with E-state index in [0.29, 0.717) is 6.04 Å². The first-order valence-corrected chi connectivity index (χ1v) is 7.65. The average Bonchev–Trinajstić information content (AvgIpc) is 2.89. The summed E-state index contributed by atoms with van der Waals surface area (Å²) in [7, 11) is 0. The van der Waals surface area contributed by atoms with Crippen molar-refractivity contribution in [3.05, 3.63) is 38.0 Å². The molecule has 0 aromatic carbocycles. The zero-order valence-electron chi connectivity index (χ0n) is 10.5. The van der Waals surface area contributed by atoms with Gasteiger partial charge in [-0.3, -0.25) is 0 Å². The van der Waals surface area contributed by atoms with Crippen molar-refractivity contribution in [2.45, 2.75) is 33.2 Å². The highest BCUT2D eigenvalue weighted by Crippen LogP contribution is 2.24. The molecule has 4 heteroatoms. The molecule has 2 aromatic heterocycles. The van der Waals surface area contributed by atoms with E-state index >= 15 is 0 Å². The van der Waals surface area contributed by atoms with Gasteiger partial charge in [-0.2, -0.15) is 11.3 Å². The van der Waals surface area contributed by atoms with E-state index in [4.69, 9.17) is 0 Å². The minimum atomic E-state index is 0.399. The number of thiophene rings is 1. The Labute approximate surface area is 111 Å². The van der Waals surface area contributed by atoms with Gasteiger partial charge in [0.2, 0.25) is 0 Å². The van der Waals surface area contributed by atoms with Crippen LogP contribution < -0.4 is 5.32 Å². The summed E-state index contributed by atoms with van der Waals surface area (Å²) in [6, 6.07) is 2.60. The largest absolute Gasteiger partial charge is 0.310 e. The third-order valence-electron chi connectivity index (χ3n) is 2.85. The number of aromatic nitrogens is 1. The highest BCUT2D eigenvalue weighted by Gasteiger charge is 2.14. The first-order chi connectivity index (χ1) is 8.20. The molecule has 0 aliphatic rings. The van der Waals surface area contributed by atoms with Crippen molar-refractivity contribution in [3.8, 4) is 0 Å². The Hall–Kier alpha value is -0.710. The topological polar surface area (TPSA) is 24.9 Å². The van der Waals surface area contributed by atoms with Gasteiger partial charge in [0, 0.05) is 17.3 Å². The summed E-state index contributed by atoms with van der Waals surface area (Å²) < 4.78 is 0. The molecule has 0 aliphatic carbocycles. The van der Waals surface area contributed by atoms with E-state index in [0.717, 1.165) is 13.0 Å². The second-order valence-corrected chi connectivity index (χ2v) is 6.19. The van der Waals surface area contributed by atoms with Gasteiger partial charge in [0.25, 0.3) is 0 Å². The van der Waals surface area contributed by atoms with Crippen molar-refractivity contribution in [1.29, 1.82) is 0 Å². The molecule has 1 N–H and O–H groups in total. The summed E-state index contributed by atoms with van der Waals surface area (Å²) in [6.07, 6.45) is 0.990. The first-order valence-electron chi connectivity index (χ1n) is 5.89. The van der Waals surface area contributed by atoms with Crippen LogP contribution in [-0.4, -0.2) is 11.5 Å². The minimum absolute atomic E-state index is 0.399. The van der Waals surface area contributed by atoms with E-state index in [-0.39, 0.29) is 0 Å². The molecule has 0 fully saturated rings. The SMILES string of the molecule is CCNC(Cc1nc(C)c(C)s1)c1ccsc1. The molecule has 2 heterocycles. The van der Waals surface area contributed by atoms with Crippen LogP contribution in [0.4, 0.5) is 0 Å². The van der Waals surface area contributed by atoms with E-state index < -0.39 is 0 Å². The predicted molar refractivity (Wildman–Crippen MR) is 76.0 cm³/mol. The number of rotatable bonds is 5. The van der Waals surface area contributed by atoms with Gasteiger partial charge in [0.05, 0.1) is 10.7 Å². The van der Waals surface area contributed by atoms with Crippen LogP contribution >= 0.6 is 22.7 Å². The van der Waals surface area contributed by atoms with Crippen molar-refractivity contribution in [2.75, 3.05) is 6.54 Å². The van der Waals surface area contributed by atoms with Crippen LogP contribution in [-0.2, 0) is 6.42 Å². The Morgan fingerprint density at radius 1 is 1.41 bits per heavy atom. The molecule has 0 bridgehead atoms. The number of hydrogen-bond acceptors (Lipinski definition) is 4. The fraction of sp³-hybridized carbons (Fsp3) is 0.462. The van der Waals surface area contributed by atoms with E-state index in [9.17, 15) is 0 Å². The van der Waals surface area contributed by atoms with Crippen LogP contribution in [0.15, 0.2) is 16.8 Å². The van der Waals surface area contributed by atoms with E-state index in [1.807, 2.05) is 11.3 Å². The van der Waals surface area contributed by atoms with E-state index in [2.05, 4.69) is 47.9 Å². The molecule has 2 nitrogen and oxygen atoms in total. The molecule has 0 saturated heterocycles. The summed E-state index contributed by atoms with van der Waals surface area (Å²) in [6.45, 7) is 7.37. The van der Waals surface area contributed by atoms with Crippen LogP contribution in [0.5, 0.6) is 0 Å². The molecule has 0 spiro atoms. The molecule has 0 amide bonds. The van der Waals surface area contributed by atoms with E-state index in [1.54, 1.807) is 11.3 Å². The summed E-state index contributed by atoms with van der Waals surface area (Å²) in [5, 5.41) is 9.13. The summed E-state index contributed by atoms with van der Waals surface area (Å²) in [4.78, 5) is 5.96. The molecule has 0 aliphatic heterocycles. The molecule has 2 aromatic rings. The van der Waals surface area contributed by atoms with Gasteiger partial charge in [0.1, 0.15) is 0 Å². The van der Waals surface area contributed by atoms with Gasteiger partial charge in [0.15, 0.2) is 0 Å². The fourth-order valence-electron chi connectivity index (χ4n) is 1.83. The molecule has 1 unspecified atom stereocenters. The number of nitrogens with zero attached hydrogens (tertiary/aromatic N) is 1. The van der Waals surface area contributed by atoms with Crippen molar-refractivity contribution in [2.24, 2.45) is 0 Å². The highest BCUT2D eigenvalue weighted by atomic mass is 32.1. The first kappa shape index (κ1) is 12.7. The number of thiazole rings is 1. The number of nitrogens with one attached hydrogen (secondary N) is 1. The third kappa shape index (κ3) is 3.15. The highest BCUT2D eigenvalue weighted by molar-refractivity contribution is 7.11. The lowest BCUT2D eigenvalue weighted by Gasteiger charge is -2.15. The Morgan fingerprint density at radius 2 is 2.24 bits per heavy atom. The van der Waals surface area contributed by atoms with Crippen LogP contribution in [0.1, 0.15) is 34.1 Å². The maximum absolute atomic E-state index is 4.62. The lowest BCUT2D eigenvalue weighted by molar-refractivity contribution is 0.550. The predicted octanol–water partition coefficient (Wildman–Crippen LogP) is 3.71. The quantitative estimate of drug-likeness (QED) is 0.892. The third-order valence-corrected chi connectivity index (χ3v) is 4.64. The number of aryl methyl sites for hydroxylation is 2. The lowest BCUT2D eigenvalue weighted by Crippen LogP contribution is -2.22. The molecular formula is C13H18N2S2. The van der Waals surface area contributed by atoms with Crippen LogP contribution in [0, 0.1) is 13.8 Å². The molecule has 1 atom stereocenters. The summed E-state index contributed by atoms with van der Waals surface area (Å²) >= 11 is 3.57. The average molecular weight is 266 g/mol. The number of hydrogen-bond donors (Lipinski definition) is 1. The Kier molecular flexibility index (Phi) is 4.31. The Bertz CT molecular complexity index is 440. The summed E-state index contributed by atoms with van der Waals surface area (Å²) in [5.41, 5.74) is 2.55. The smallest absolute Gasteiger partial charge is 0.0949 e. The molecular weight excluding hydrogens is 248 g/mol. The second-order valence-electron chi connectivity index (χ2n) is 4.12. The van der Waals surface area contributed by atoms with Crippen molar-refractivity contribution >= 4 is 22.7 Å². The zero-order chi connectivity index (χ0) is 12.3. The van der Waals surface area contributed by atoms with Gasteiger partial charge >= 0.3 is 0 Å². The zero-order valence-corrected chi connectivity index (χ0v) is 12.1. The molecule has 0 saturated carbocycles. The number of likely N-dealkylation sites (N-methyl/N-ethyl adjacent to an activating group) is 1. The van der Waals surface area contributed by atoms with Gasteiger partial charge in [-0.1, -0.05) is 6.92 Å².